The molecule has 2 saturated heterocycles. The highest BCUT2D eigenvalue weighted by Gasteiger charge is 2.36. The summed E-state index contributed by atoms with van der Waals surface area (Å²) in [4.78, 5) is 2.68. The molecule has 3 unspecified atom stereocenters. The zero-order chi connectivity index (χ0) is 10.7. The Morgan fingerprint density at radius 3 is 3.00 bits per heavy atom. The molecule has 3 atom stereocenters. The lowest BCUT2D eigenvalue weighted by molar-refractivity contribution is 0.293. The van der Waals surface area contributed by atoms with Gasteiger partial charge in [0.05, 0.1) is 0 Å². The largest absolute Gasteiger partial charge is 0.312 e. The van der Waals surface area contributed by atoms with E-state index in [1.165, 1.54) is 51.7 Å². The van der Waals surface area contributed by atoms with Gasteiger partial charge in [-0.1, -0.05) is 20.3 Å². The summed E-state index contributed by atoms with van der Waals surface area (Å²) >= 11 is 0. The molecule has 0 radical (unpaired) electrons. The van der Waals surface area contributed by atoms with E-state index in [0.717, 1.165) is 18.0 Å². The maximum absolute atomic E-state index is 3.80. The van der Waals surface area contributed by atoms with E-state index in [-0.39, 0.29) is 0 Å². The van der Waals surface area contributed by atoms with E-state index in [1.807, 2.05) is 0 Å². The van der Waals surface area contributed by atoms with Crippen LogP contribution in [0.25, 0.3) is 0 Å². The Hall–Kier alpha value is -0.0800. The number of hydrogen-bond donors (Lipinski definition) is 1. The summed E-state index contributed by atoms with van der Waals surface area (Å²) in [5.41, 5.74) is 0. The molecular weight excluding hydrogens is 184 g/mol. The molecule has 0 bridgehead atoms. The molecule has 1 N–H and O–H groups in total. The van der Waals surface area contributed by atoms with Crippen LogP contribution < -0.4 is 5.32 Å². The molecule has 0 spiro atoms. The number of nitrogens with zero attached hydrogens (tertiary/aromatic N) is 1. The maximum Gasteiger partial charge on any atom is 0.0250 e. The van der Waals surface area contributed by atoms with Gasteiger partial charge in [0.15, 0.2) is 0 Å². The average molecular weight is 210 g/mol. The van der Waals surface area contributed by atoms with Crippen LogP contribution in [0, 0.1) is 5.92 Å². The van der Waals surface area contributed by atoms with Crippen molar-refractivity contribution in [3.8, 4) is 0 Å². The first-order valence-electron chi connectivity index (χ1n) is 6.78. The van der Waals surface area contributed by atoms with Gasteiger partial charge in [0.25, 0.3) is 0 Å². The minimum Gasteiger partial charge on any atom is -0.312 e. The Labute approximate surface area is 94.4 Å². The molecule has 2 fully saturated rings. The van der Waals surface area contributed by atoms with Crippen molar-refractivity contribution < 1.29 is 0 Å². The molecule has 0 aromatic rings. The van der Waals surface area contributed by atoms with Gasteiger partial charge < -0.3 is 5.32 Å². The van der Waals surface area contributed by atoms with Gasteiger partial charge >= 0.3 is 0 Å². The summed E-state index contributed by atoms with van der Waals surface area (Å²) in [6.07, 6.45) is 6.92. The molecule has 2 heterocycles. The highest BCUT2D eigenvalue weighted by molar-refractivity contribution is 4.95. The molecule has 0 aromatic carbocycles. The first kappa shape index (κ1) is 11.4. The van der Waals surface area contributed by atoms with Crippen LogP contribution in [0.3, 0.4) is 0 Å². The number of nitrogens with one attached hydrogen (secondary N) is 1. The fourth-order valence-electron chi connectivity index (χ4n) is 3.27. The van der Waals surface area contributed by atoms with Crippen LogP contribution in [0.5, 0.6) is 0 Å². The van der Waals surface area contributed by atoms with Gasteiger partial charge in [-0.15, -0.1) is 0 Å². The molecule has 0 amide bonds. The summed E-state index contributed by atoms with van der Waals surface area (Å²) in [5, 5.41) is 3.80. The van der Waals surface area contributed by atoms with E-state index in [0.29, 0.717) is 0 Å². The highest BCUT2D eigenvalue weighted by atomic mass is 15.2. The minimum atomic E-state index is 0.798. The number of hydrogen-bond acceptors (Lipinski definition) is 2. The van der Waals surface area contributed by atoms with Gasteiger partial charge in [0.1, 0.15) is 0 Å². The van der Waals surface area contributed by atoms with E-state index in [9.17, 15) is 0 Å². The molecule has 0 saturated carbocycles. The van der Waals surface area contributed by atoms with Crippen LogP contribution in [0.15, 0.2) is 0 Å². The van der Waals surface area contributed by atoms with Gasteiger partial charge in [0, 0.05) is 18.6 Å². The second-order valence-electron chi connectivity index (χ2n) is 5.44. The molecule has 88 valence electrons. The van der Waals surface area contributed by atoms with Crippen molar-refractivity contribution in [1.29, 1.82) is 0 Å². The average Bonchev–Trinajstić information content (AvgIpc) is 2.77. The Balaban J connectivity index is 1.71. The fraction of sp³-hybridized carbons (Fsp3) is 1.00. The second kappa shape index (κ2) is 5.31. The Bertz CT molecular complexity index is 193. The Morgan fingerprint density at radius 2 is 2.20 bits per heavy atom. The van der Waals surface area contributed by atoms with E-state index in [2.05, 4.69) is 24.1 Å². The Kier molecular flexibility index (Phi) is 4.04. The smallest absolute Gasteiger partial charge is 0.0250 e. The third kappa shape index (κ3) is 2.73. The normalized spacial score (nSPS) is 33.2. The quantitative estimate of drug-likeness (QED) is 0.749. The van der Waals surface area contributed by atoms with Crippen LogP contribution in [-0.4, -0.2) is 36.6 Å². The van der Waals surface area contributed by atoms with Crippen LogP contribution in [0.1, 0.15) is 46.0 Å². The van der Waals surface area contributed by atoms with Gasteiger partial charge in [-0.05, 0) is 44.7 Å². The van der Waals surface area contributed by atoms with Crippen LogP contribution in [0.2, 0.25) is 0 Å². The molecule has 0 aliphatic carbocycles. The summed E-state index contributed by atoms with van der Waals surface area (Å²) in [6.45, 7) is 8.57. The highest BCUT2D eigenvalue weighted by Crippen LogP contribution is 2.27. The van der Waals surface area contributed by atoms with Gasteiger partial charge in [0.2, 0.25) is 0 Å². The van der Waals surface area contributed by atoms with Crippen molar-refractivity contribution in [2.24, 2.45) is 5.92 Å². The zero-order valence-electron chi connectivity index (χ0n) is 10.3. The first-order chi connectivity index (χ1) is 7.31. The minimum absolute atomic E-state index is 0.798. The molecule has 0 aromatic heterocycles. The van der Waals surface area contributed by atoms with E-state index in [1.54, 1.807) is 0 Å². The maximum atomic E-state index is 3.80. The molecule has 2 aliphatic rings. The van der Waals surface area contributed by atoms with E-state index >= 15 is 0 Å². The summed E-state index contributed by atoms with van der Waals surface area (Å²) in [6, 6.07) is 1.67. The summed E-state index contributed by atoms with van der Waals surface area (Å²) < 4.78 is 0. The summed E-state index contributed by atoms with van der Waals surface area (Å²) in [5.74, 6) is 0.852. The van der Waals surface area contributed by atoms with Gasteiger partial charge in [-0.25, -0.2) is 0 Å². The van der Waals surface area contributed by atoms with Crippen molar-refractivity contribution in [3.05, 3.63) is 0 Å². The van der Waals surface area contributed by atoms with Crippen molar-refractivity contribution in [2.45, 2.75) is 58.0 Å². The predicted octanol–water partition coefficient (Wildman–Crippen LogP) is 2.25. The molecule has 2 nitrogen and oxygen atoms in total. The van der Waals surface area contributed by atoms with Crippen molar-refractivity contribution in [3.63, 3.8) is 0 Å². The van der Waals surface area contributed by atoms with Crippen LogP contribution in [-0.2, 0) is 0 Å². The fourth-order valence-corrected chi connectivity index (χ4v) is 3.27. The van der Waals surface area contributed by atoms with Gasteiger partial charge in [-0.3, -0.25) is 4.90 Å². The molecule has 2 rings (SSSR count). The zero-order valence-corrected chi connectivity index (χ0v) is 10.3. The van der Waals surface area contributed by atoms with E-state index in [4.69, 9.17) is 0 Å². The lowest BCUT2D eigenvalue weighted by Gasteiger charge is -2.23. The van der Waals surface area contributed by atoms with Crippen molar-refractivity contribution in [2.75, 3.05) is 19.6 Å². The van der Waals surface area contributed by atoms with Crippen molar-refractivity contribution >= 4 is 0 Å². The standard InChI is InChI=1S/C13H26N2/c1-3-5-11(2)10-14-12-7-9-15-8-4-6-13(12)15/h11-14H,3-10H2,1-2H3. The predicted molar refractivity (Wildman–Crippen MR) is 65.1 cm³/mol. The first-order valence-corrected chi connectivity index (χ1v) is 6.78. The third-order valence-corrected chi connectivity index (χ3v) is 4.12. The number of fused-ring (bicyclic) bond motifs is 1. The van der Waals surface area contributed by atoms with Crippen LogP contribution in [0.4, 0.5) is 0 Å². The Morgan fingerprint density at radius 1 is 1.33 bits per heavy atom. The topological polar surface area (TPSA) is 15.3 Å². The SMILES string of the molecule is CCCC(C)CNC1CCN2CCCC12. The monoisotopic (exact) mass is 210 g/mol. The van der Waals surface area contributed by atoms with Gasteiger partial charge in [-0.2, -0.15) is 0 Å². The molecule has 2 heteroatoms. The lowest BCUT2D eigenvalue weighted by atomic mass is 10.0. The number of rotatable bonds is 5. The second-order valence-corrected chi connectivity index (χ2v) is 5.44. The molecule has 2 aliphatic heterocycles. The van der Waals surface area contributed by atoms with Crippen molar-refractivity contribution in [1.82, 2.24) is 10.2 Å². The van der Waals surface area contributed by atoms with Crippen LogP contribution >= 0.6 is 0 Å². The summed E-state index contributed by atoms with van der Waals surface area (Å²) in [7, 11) is 0. The van der Waals surface area contributed by atoms with E-state index < -0.39 is 0 Å². The lowest BCUT2D eigenvalue weighted by Crippen LogP contribution is -2.40. The molecular formula is C13H26N2. The third-order valence-electron chi connectivity index (χ3n) is 4.12. The molecule has 15 heavy (non-hydrogen) atoms.